The van der Waals surface area contributed by atoms with Crippen LogP contribution >= 0.6 is 15.9 Å². The fourth-order valence-corrected chi connectivity index (χ4v) is 4.01. The maximum Gasteiger partial charge on any atom is 0.0798 e. The van der Waals surface area contributed by atoms with Gasteiger partial charge in [0.2, 0.25) is 0 Å². The molecule has 3 heteroatoms. The van der Waals surface area contributed by atoms with E-state index in [0.717, 1.165) is 4.47 Å². The summed E-state index contributed by atoms with van der Waals surface area (Å²) in [6.45, 7) is 0. The molecule has 0 bridgehead atoms. The summed E-state index contributed by atoms with van der Waals surface area (Å²) in [6, 6.07) is 25.4. The summed E-state index contributed by atoms with van der Waals surface area (Å²) in [5.41, 5.74) is 5.96. The molecule has 23 heavy (non-hydrogen) atoms. The van der Waals surface area contributed by atoms with Crippen molar-refractivity contribution in [3.05, 3.63) is 77.3 Å². The smallest absolute Gasteiger partial charge is 0.0798 e. The number of benzene rings is 3. The van der Waals surface area contributed by atoms with Gasteiger partial charge < -0.3 is 9.55 Å². The second kappa shape index (κ2) is 4.74. The lowest BCUT2D eigenvalue weighted by Gasteiger charge is -2.07. The lowest BCUT2D eigenvalue weighted by Crippen LogP contribution is -1.92. The Labute approximate surface area is 141 Å². The lowest BCUT2D eigenvalue weighted by atomic mass is 10.2. The summed E-state index contributed by atoms with van der Waals surface area (Å²) in [5.74, 6) is 0. The molecule has 0 saturated carbocycles. The number of nitrogens with one attached hydrogen (secondary N) is 1. The molecular weight excluding hydrogens is 348 g/mol. The summed E-state index contributed by atoms with van der Waals surface area (Å²) in [5, 5.41) is 2.47. The van der Waals surface area contributed by atoms with E-state index in [0.29, 0.717) is 0 Å². The first-order valence-corrected chi connectivity index (χ1v) is 8.38. The summed E-state index contributed by atoms with van der Waals surface area (Å²) >= 11 is 3.73. The van der Waals surface area contributed by atoms with Gasteiger partial charge in [-0.25, -0.2) is 0 Å². The average molecular weight is 361 g/mol. The zero-order valence-electron chi connectivity index (χ0n) is 12.3. The molecule has 0 unspecified atom stereocenters. The van der Waals surface area contributed by atoms with E-state index in [1.165, 1.54) is 38.5 Å². The number of rotatable bonds is 1. The molecule has 0 saturated heterocycles. The van der Waals surface area contributed by atoms with Crippen molar-refractivity contribution < 1.29 is 0 Å². The van der Waals surface area contributed by atoms with Gasteiger partial charge in [-0.3, -0.25) is 0 Å². The number of nitrogens with zero attached hydrogens (tertiary/aromatic N) is 1. The highest BCUT2D eigenvalue weighted by molar-refractivity contribution is 9.10. The molecule has 0 aliphatic heterocycles. The van der Waals surface area contributed by atoms with E-state index in [-0.39, 0.29) is 0 Å². The van der Waals surface area contributed by atoms with Crippen molar-refractivity contribution in [2.45, 2.75) is 0 Å². The Bertz CT molecular complexity index is 1170. The number of hydrogen-bond donors (Lipinski definition) is 1. The second-order valence-corrected chi connectivity index (χ2v) is 6.55. The van der Waals surface area contributed by atoms with E-state index in [2.05, 4.69) is 98.3 Å². The summed E-state index contributed by atoms with van der Waals surface area (Å²) in [6.07, 6.45) is 0. The van der Waals surface area contributed by atoms with Crippen molar-refractivity contribution >= 4 is 48.8 Å². The minimum atomic E-state index is 1.11. The number of aromatic amines is 1. The molecule has 2 nitrogen and oxygen atoms in total. The van der Waals surface area contributed by atoms with Crippen LogP contribution in [0.5, 0.6) is 0 Å². The molecule has 0 amide bonds. The molecular formula is C20H13BrN2. The molecule has 0 spiro atoms. The first-order chi connectivity index (χ1) is 11.3. The molecule has 2 heterocycles. The Kier molecular flexibility index (Phi) is 2.67. The SMILES string of the molecule is Brc1cccc2c1c1[nH]c3ccccc3c1n2-c1ccccc1. The number of hydrogen-bond acceptors (Lipinski definition) is 0. The Morgan fingerprint density at radius 3 is 2.43 bits per heavy atom. The van der Waals surface area contributed by atoms with Crippen LogP contribution < -0.4 is 0 Å². The predicted molar refractivity (Wildman–Crippen MR) is 100 cm³/mol. The monoisotopic (exact) mass is 360 g/mol. The molecule has 0 aliphatic carbocycles. The van der Waals surface area contributed by atoms with E-state index >= 15 is 0 Å². The average Bonchev–Trinajstić information content (AvgIpc) is 3.10. The number of para-hydroxylation sites is 2. The van der Waals surface area contributed by atoms with Gasteiger partial charge in [0.15, 0.2) is 0 Å². The van der Waals surface area contributed by atoms with E-state index < -0.39 is 0 Å². The van der Waals surface area contributed by atoms with E-state index in [4.69, 9.17) is 0 Å². The molecule has 3 aromatic carbocycles. The Morgan fingerprint density at radius 2 is 1.57 bits per heavy atom. The maximum atomic E-state index is 3.73. The highest BCUT2D eigenvalue weighted by Gasteiger charge is 2.18. The van der Waals surface area contributed by atoms with Crippen LogP contribution in [0.3, 0.4) is 0 Å². The standard InChI is InChI=1S/C20H13BrN2/c21-15-10-6-12-17-18(15)19-20(14-9-4-5-11-16(14)22-19)23(17)13-7-2-1-3-8-13/h1-12,22H. The van der Waals surface area contributed by atoms with Crippen molar-refractivity contribution in [3.63, 3.8) is 0 Å². The van der Waals surface area contributed by atoms with Crippen LogP contribution in [0.15, 0.2) is 77.3 Å². The molecule has 0 fully saturated rings. The van der Waals surface area contributed by atoms with Gasteiger partial charge in [-0.1, -0.05) is 58.4 Å². The summed E-state index contributed by atoms with van der Waals surface area (Å²) in [4.78, 5) is 3.60. The molecule has 1 N–H and O–H groups in total. The maximum absolute atomic E-state index is 3.73. The molecule has 0 atom stereocenters. The zero-order valence-corrected chi connectivity index (χ0v) is 13.8. The van der Waals surface area contributed by atoms with Crippen LogP contribution in [-0.2, 0) is 0 Å². The molecule has 0 aliphatic rings. The van der Waals surface area contributed by atoms with E-state index in [9.17, 15) is 0 Å². The Morgan fingerprint density at radius 1 is 0.783 bits per heavy atom. The summed E-state index contributed by atoms with van der Waals surface area (Å²) < 4.78 is 3.45. The molecule has 110 valence electrons. The third-order valence-electron chi connectivity index (χ3n) is 4.40. The second-order valence-electron chi connectivity index (χ2n) is 5.70. The lowest BCUT2D eigenvalue weighted by molar-refractivity contribution is 1.19. The van der Waals surface area contributed by atoms with E-state index in [1.54, 1.807) is 0 Å². The van der Waals surface area contributed by atoms with Crippen LogP contribution in [0.4, 0.5) is 0 Å². The van der Waals surface area contributed by atoms with Crippen molar-refractivity contribution in [1.29, 1.82) is 0 Å². The van der Waals surface area contributed by atoms with Crippen molar-refractivity contribution in [2.24, 2.45) is 0 Å². The minimum Gasteiger partial charge on any atom is -0.353 e. The fourth-order valence-electron chi connectivity index (χ4n) is 3.45. The van der Waals surface area contributed by atoms with Crippen LogP contribution in [-0.4, -0.2) is 9.55 Å². The van der Waals surface area contributed by atoms with Gasteiger partial charge in [0.05, 0.1) is 16.6 Å². The van der Waals surface area contributed by atoms with Crippen LogP contribution in [0.25, 0.3) is 38.5 Å². The first kappa shape index (κ1) is 13.0. The quantitative estimate of drug-likeness (QED) is 0.376. The molecule has 0 radical (unpaired) electrons. The van der Waals surface area contributed by atoms with Gasteiger partial charge in [-0.2, -0.15) is 0 Å². The highest BCUT2D eigenvalue weighted by Crippen LogP contribution is 2.39. The Balaban J connectivity index is 2.10. The van der Waals surface area contributed by atoms with Crippen LogP contribution in [0.2, 0.25) is 0 Å². The van der Waals surface area contributed by atoms with Gasteiger partial charge in [0.1, 0.15) is 0 Å². The number of fused-ring (bicyclic) bond motifs is 5. The number of aromatic nitrogens is 2. The predicted octanol–water partition coefficient (Wildman–Crippen LogP) is 6.03. The van der Waals surface area contributed by atoms with Gasteiger partial charge in [0.25, 0.3) is 0 Å². The first-order valence-electron chi connectivity index (χ1n) is 7.59. The highest BCUT2D eigenvalue weighted by atomic mass is 79.9. The third-order valence-corrected chi connectivity index (χ3v) is 5.06. The van der Waals surface area contributed by atoms with E-state index in [1.807, 2.05) is 0 Å². The zero-order chi connectivity index (χ0) is 15.4. The van der Waals surface area contributed by atoms with Crippen LogP contribution in [0, 0.1) is 0 Å². The number of H-pyrrole nitrogens is 1. The van der Waals surface area contributed by atoms with Crippen molar-refractivity contribution in [2.75, 3.05) is 0 Å². The number of halogens is 1. The normalized spacial score (nSPS) is 11.7. The Hall–Kier alpha value is -2.52. The third kappa shape index (κ3) is 1.74. The molecule has 5 rings (SSSR count). The van der Waals surface area contributed by atoms with Gasteiger partial charge in [-0.15, -0.1) is 0 Å². The van der Waals surface area contributed by atoms with Gasteiger partial charge >= 0.3 is 0 Å². The largest absolute Gasteiger partial charge is 0.353 e. The summed E-state index contributed by atoms with van der Waals surface area (Å²) in [7, 11) is 0. The van der Waals surface area contributed by atoms with Gasteiger partial charge in [-0.05, 0) is 30.3 Å². The molecule has 5 aromatic rings. The van der Waals surface area contributed by atoms with Gasteiger partial charge in [0, 0.05) is 26.4 Å². The topological polar surface area (TPSA) is 20.7 Å². The fraction of sp³-hybridized carbons (Fsp3) is 0. The van der Waals surface area contributed by atoms with Crippen molar-refractivity contribution in [1.82, 2.24) is 9.55 Å². The minimum absolute atomic E-state index is 1.11. The molecule has 2 aromatic heterocycles. The van der Waals surface area contributed by atoms with Crippen LogP contribution in [0.1, 0.15) is 0 Å². The van der Waals surface area contributed by atoms with Crippen molar-refractivity contribution in [3.8, 4) is 5.69 Å².